The van der Waals surface area contributed by atoms with Crippen LogP contribution in [0, 0.1) is 6.92 Å². The molecule has 3 rings (SSSR count). The number of carbonyl (C=O) groups is 1. The number of rotatable bonds is 6. The summed E-state index contributed by atoms with van der Waals surface area (Å²) in [5, 5.41) is 0. The fourth-order valence-corrected chi connectivity index (χ4v) is 3.54. The Bertz CT molecular complexity index is 558. The molecule has 25 heavy (non-hydrogen) atoms. The second kappa shape index (κ2) is 9.32. The van der Waals surface area contributed by atoms with Gasteiger partial charge in [0.2, 0.25) is 0 Å². The minimum absolute atomic E-state index is 0.153. The Balaban J connectivity index is 1.40. The Labute approximate surface area is 150 Å². The van der Waals surface area contributed by atoms with Crippen LogP contribution in [-0.4, -0.2) is 74.4 Å². The molecule has 2 heterocycles. The number of ether oxygens (including phenoxy) is 2. The fraction of sp³-hybridized carbons (Fsp3) is 0.650. The van der Waals surface area contributed by atoms with E-state index in [1.54, 1.807) is 0 Å². The Morgan fingerprint density at radius 3 is 2.96 bits per heavy atom. The largest absolute Gasteiger partial charge is 0.377 e. The van der Waals surface area contributed by atoms with E-state index in [2.05, 4.69) is 4.90 Å². The first-order valence-electron chi connectivity index (χ1n) is 9.50. The maximum Gasteiger partial charge on any atom is 0.253 e. The Kier molecular flexibility index (Phi) is 6.84. The Morgan fingerprint density at radius 2 is 2.16 bits per heavy atom. The molecule has 0 aliphatic carbocycles. The van der Waals surface area contributed by atoms with Crippen molar-refractivity contribution in [2.24, 2.45) is 0 Å². The van der Waals surface area contributed by atoms with Crippen molar-refractivity contribution < 1.29 is 14.3 Å². The van der Waals surface area contributed by atoms with Gasteiger partial charge in [-0.3, -0.25) is 9.69 Å². The van der Waals surface area contributed by atoms with Crippen molar-refractivity contribution in [3.63, 3.8) is 0 Å². The lowest BCUT2D eigenvalue weighted by molar-refractivity contribution is 0.0107. The molecule has 5 nitrogen and oxygen atoms in total. The van der Waals surface area contributed by atoms with E-state index in [1.165, 1.54) is 0 Å². The van der Waals surface area contributed by atoms with Gasteiger partial charge in [-0.05, 0) is 44.9 Å². The van der Waals surface area contributed by atoms with E-state index in [-0.39, 0.29) is 5.91 Å². The van der Waals surface area contributed by atoms with Crippen molar-refractivity contribution in [2.45, 2.75) is 32.3 Å². The van der Waals surface area contributed by atoms with Crippen molar-refractivity contribution in [3.05, 3.63) is 35.4 Å². The summed E-state index contributed by atoms with van der Waals surface area (Å²) in [5.74, 6) is 0.153. The molecule has 2 aliphatic rings. The average Bonchev–Trinajstić information content (AvgIpc) is 3.02. The van der Waals surface area contributed by atoms with Gasteiger partial charge in [0.15, 0.2) is 0 Å². The van der Waals surface area contributed by atoms with Gasteiger partial charge in [0.25, 0.3) is 5.91 Å². The Morgan fingerprint density at radius 1 is 1.24 bits per heavy atom. The summed E-state index contributed by atoms with van der Waals surface area (Å²) < 4.78 is 11.3. The van der Waals surface area contributed by atoms with Crippen molar-refractivity contribution in [1.82, 2.24) is 9.80 Å². The van der Waals surface area contributed by atoms with E-state index in [0.29, 0.717) is 12.7 Å². The van der Waals surface area contributed by atoms with E-state index in [9.17, 15) is 4.79 Å². The minimum atomic E-state index is 0.153. The maximum absolute atomic E-state index is 12.7. The van der Waals surface area contributed by atoms with Gasteiger partial charge in [0, 0.05) is 38.3 Å². The molecule has 0 N–H and O–H groups in total. The molecule has 138 valence electrons. The summed E-state index contributed by atoms with van der Waals surface area (Å²) in [6, 6.07) is 7.87. The number of carbonyl (C=O) groups excluding carboxylic acids is 1. The van der Waals surface area contributed by atoms with Crippen LogP contribution in [0.15, 0.2) is 24.3 Å². The zero-order valence-electron chi connectivity index (χ0n) is 15.3. The highest BCUT2D eigenvalue weighted by atomic mass is 16.5. The van der Waals surface area contributed by atoms with Gasteiger partial charge in [0.1, 0.15) is 0 Å². The highest BCUT2D eigenvalue weighted by Gasteiger charge is 2.20. The number of nitrogens with zero attached hydrogens (tertiary/aromatic N) is 2. The minimum Gasteiger partial charge on any atom is -0.377 e. The molecule has 0 radical (unpaired) electrons. The zero-order valence-corrected chi connectivity index (χ0v) is 15.3. The van der Waals surface area contributed by atoms with Crippen molar-refractivity contribution in [3.8, 4) is 0 Å². The number of aryl methyl sites for hydroxylation is 1. The van der Waals surface area contributed by atoms with Gasteiger partial charge in [-0.15, -0.1) is 0 Å². The average molecular weight is 346 g/mol. The van der Waals surface area contributed by atoms with Gasteiger partial charge in [-0.25, -0.2) is 0 Å². The molecule has 1 amide bonds. The van der Waals surface area contributed by atoms with Crippen LogP contribution in [0.25, 0.3) is 0 Å². The third-order valence-corrected chi connectivity index (χ3v) is 5.02. The van der Waals surface area contributed by atoms with Crippen LogP contribution in [0.5, 0.6) is 0 Å². The molecule has 0 saturated carbocycles. The second-order valence-corrected chi connectivity index (χ2v) is 7.07. The zero-order chi connectivity index (χ0) is 17.5. The topological polar surface area (TPSA) is 42.0 Å². The number of amides is 1. The van der Waals surface area contributed by atoms with Crippen LogP contribution in [0.2, 0.25) is 0 Å². The van der Waals surface area contributed by atoms with E-state index in [4.69, 9.17) is 9.47 Å². The van der Waals surface area contributed by atoms with Crippen LogP contribution in [-0.2, 0) is 9.47 Å². The van der Waals surface area contributed by atoms with E-state index in [1.807, 2.05) is 36.1 Å². The molecular formula is C20H30N2O3. The summed E-state index contributed by atoms with van der Waals surface area (Å²) in [6.45, 7) is 8.86. The van der Waals surface area contributed by atoms with Crippen LogP contribution >= 0.6 is 0 Å². The van der Waals surface area contributed by atoms with Gasteiger partial charge < -0.3 is 14.4 Å². The van der Waals surface area contributed by atoms with Crippen LogP contribution in [0.1, 0.15) is 35.2 Å². The number of benzene rings is 1. The van der Waals surface area contributed by atoms with Gasteiger partial charge in [-0.1, -0.05) is 17.7 Å². The van der Waals surface area contributed by atoms with E-state index < -0.39 is 0 Å². The van der Waals surface area contributed by atoms with Crippen molar-refractivity contribution in [2.75, 3.05) is 52.5 Å². The van der Waals surface area contributed by atoms with Gasteiger partial charge >= 0.3 is 0 Å². The highest BCUT2D eigenvalue weighted by molar-refractivity contribution is 5.94. The molecule has 1 atom stereocenters. The molecule has 5 heteroatoms. The molecule has 2 saturated heterocycles. The summed E-state index contributed by atoms with van der Waals surface area (Å²) in [4.78, 5) is 17.1. The van der Waals surface area contributed by atoms with Crippen LogP contribution in [0.4, 0.5) is 0 Å². The monoisotopic (exact) mass is 346 g/mol. The summed E-state index contributed by atoms with van der Waals surface area (Å²) in [6.07, 6.45) is 3.60. The molecule has 0 bridgehead atoms. The molecule has 0 spiro atoms. The molecule has 0 unspecified atom stereocenters. The summed E-state index contributed by atoms with van der Waals surface area (Å²) in [5.41, 5.74) is 1.93. The molecule has 1 aromatic carbocycles. The van der Waals surface area contributed by atoms with Gasteiger partial charge in [0.05, 0.1) is 19.3 Å². The van der Waals surface area contributed by atoms with E-state index in [0.717, 1.165) is 76.3 Å². The third-order valence-electron chi connectivity index (χ3n) is 5.02. The lowest BCUT2D eigenvalue weighted by Gasteiger charge is -2.22. The molecule has 2 aliphatic heterocycles. The quantitative estimate of drug-likeness (QED) is 0.742. The first-order chi connectivity index (χ1) is 12.2. The molecule has 1 aromatic rings. The predicted octanol–water partition coefficient (Wildman–Crippen LogP) is 2.34. The molecule has 0 aromatic heterocycles. The smallest absolute Gasteiger partial charge is 0.253 e. The molecule has 2 fully saturated rings. The first kappa shape index (κ1) is 18.4. The van der Waals surface area contributed by atoms with Gasteiger partial charge in [-0.2, -0.15) is 0 Å². The lowest BCUT2D eigenvalue weighted by atomic mass is 10.1. The highest BCUT2D eigenvalue weighted by Crippen LogP contribution is 2.13. The summed E-state index contributed by atoms with van der Waals surface area (Å²) in [7, 11) is 0. The van der Waals surface area contributed by atoms with E-state index >= 15 is 0 Å². The number of hydrogen-bond donors (Lipinski definition) is 0. The van der Waals surface area contributed by atoms with Crippen LogP contribution in [0.3, 0.4) is 0 Å². The SMILES string of the molecule is Cc1cccc(C(=O)N2CCCN(CCOC[C@@H]3CCCO3)CC2)c1. The lowest BCUT2D eigenvalue weighted by Crippen LogP contribution is -2.36. The second-order valence-electron chi connectivity index (χ2n) is 7.07. The van der Waals surface area contributed by atoms with Crippen molar-refractivity contribution >= 4 is 5.91 Å². The normalized spacial score (nSPS) is 22.1. The predicted molar refractivity (Wildman–Crippen MR) is 97.9 cm³/mol. The van der Waals surface area contributed by atoms with Crippen LogP contribution < -0.4 is 0 Å². The van der Waals surface area contributed by atoms with Crippen molar-refractivity contribution in [1.29, 1.82) is 0 Å². The standard InChI is InChI=1S/C20H30N2O3/c1-17-5-2-6-18(15-17)20(23)22-9-4-8-21(10-11-22)12-14-24-16-19-7-3-13-25-19/h2,5-6,15,19H,3-4,7-14,16H2,1H3/t19-/m0/s1. The maximum atomic E-state index is 12.7. The first-order valence-corrected chi connectivity index (χ1v) is 9.50. The number of hydrogen-bond acceptors (Lipinski definition) is 4. The fourth-order valence-electron chi connectivity index (χ4n) is 3.54. The Hall–Kier alpha value is -1.43. The summed E-state index contributed by atoms with van der Waals surface area (Å²) >= 11 is 0. The molecular weight excluding hydrogens is 316 g/mol. The third kappa shape index (κ3) is 5.53.